The Bertz CT molecular complexity index is 855. The van der Waals surface area contributed by atoms with Gasteiger partial charge in [0.25, 0.3) is 0 Å². The first kappa shape index (κ1) is 18.2. The van der Waals surface area contributed by atoms with Gasteiger partial charge in [0.05, 0.1) is 12.2 Å². The molecule has 5 nitrogen and oxygen atoms in total. The van der Waals surface area contributed by atoms with Crippen LogP contribution in [0, 0.1) is 6.92 Å². The lowest BCUT2D eigenvalue weighted by molar-refractivity contribution is -0.141. The molecular weight excluding hydrogens is 345 g/mol. The second kappa shape index (κ2) is 7.33. The molecule has 0 aliphatic rings. The van der Waals surface area contributed by atoms with Crippen molar-refractivity contribution in [2.24, 2.45) is 0 Å². The summed E-state index contributed by atoms with van der Waals surface area (Å²) >= 11 is 0. The smallest absolute Gasteiger partial charge is 0.406 e. The monoisotopic (exact) mass is 364 g/mol. The first-order chi connectivity index (χ1) is 12.3. The number of oxazole rings is 1. The summed E-state index contributed by atoms with van der Waals surface area (Å²) in [5.74, 6) is 1.58. The second-order valence-corrected chi connectivity index (χ2v) is 6.15. The average molecular weight is 364 g/mol. The van der Waals surface area contributed by atoms with Crippen LogP contribution in [0.25, 0.3) is 11.5 Å². The molecule has 0 amide bonds. The number of hydrogen-bond acceptors (Lipinski definition) is 4. The van der Waals surface area contributed by atoms with Gasteiger partial charge in [-0.05, 0) is 26.1 Å². The van der Waals surface area contributed by atoms with E-state index >= 15 is 0 Å². The van der Waals surface area contributed by atoms with E-state index in [2.05, 4.69) is 9.97 Å². The van der Waals surface area contributed by atoms with Gasteiger partial charge in [0.2, 0.25) is 5.89 Å². The number of hydrogen-bond donors (Lipinski definition) is 0. The van der Waals surface area contributed by atoms with Gasteiger partial charge in [0.15, 0.2) is 0 Å². The van der Waals surface area contributed by atoms with Crippen LogP contribution in [0.2, 0.25) is 0 Å². The molecule has 2 aromatic heterocycles. The molecule has 0 bridgehead atoms. The molecule has 0 atom stereocenters. The quantitative estimate of drug-likeness (QED) is 0.662. The summed E-state index contributed by atoms with van der Waals surface area (Å²) in [5, 5.41) is 0. The summed E-state index contributed by atoms with van der Waals surface area (Å²) in [5.41, 5.74) is 1.63. The zero-order chi connectivity index (χ0) is 18.7. The molecule has 0 spiro atoms. The first-order valence-electron chi connectivity index (χ1n) is 8.09. The van der Waals surface area contributed by atoms with Gasteiger partial charge in [0.1, 0.15) is 18.1 Å². The van der Waals surface area contributed by atoms with Crippen molar-refractivity contribution in [2.75, 3.05) is 7.05 Å². The number of aromatic nitrogens is 3. The molecule has 0 saturated carbocycles. The fourth-order valence-corrected chi connectivity index (χ4v) is 2.66. The van der Waals surface area contributed by atoms with E-state index in [-0.39, 0.29) is 6.54 Å². The normalized spacial score (nSPS) is 12.1. The molecule has 0 radical (unpaired) electrons. The maximum Gasteiger partial charge on any atom is 0.406 e. The summed E-state index contributed by atoms with van der Waals surface area (Å²) in [6.45, 7) is 1.50. The van der Waals surface area contributed by atoms with Crippen molar-refractivity contribution in [3.8, 4) is 11.5 Å². The van der Waals surface area contributed by atoms with Crippen molar-refractivity contribution < 1.29 is 17.6 Å². The van der Waals surface area contributed by atoms with E-state index in [1.54, 1.807) is 0 Å². The third-order valence-electron chi connectivity index (χ3n) is 3.90. The number of rotatable bonds is 6. The van der Waals surface area contributed by atoms with Crippen LogP contribution in [0.15, 0.2) is 47.1 Å². The zero-order valence-corrected chi connectivity index (χ0v) is 14.5. The average Bonchev–Trinajstić information content (AvgIpc) is 3.14. The second-order valence-electron chi connectivity index (χ2n) is 6.15. The van der Waals surface area contributed by atoms with Crippen molar-refractivity contribution in [1.82, 2.24) is 19.4 Å². The predicted molar refractivity (Wildman–Crippen MR) is 90.1 cm³/mol. The molecule has 0 aliphatic carbocycles. The van der Waals surface area contributed by atoms with E-state index in [0.29, 0.717) is 24.0 Å². The van der Waals surface area contributed by atoms with Crippen LogP contribution in [0.3, 0.4) is 0 Å². The highest BCUT2D eigenvalue weighted by Gasteiger charge is 2.29. The Balaban J connectivity index is 1.69. The first-order valence-corrected chi connectivity index (χ1v) is 8.09. The molecule has 0 unspecified atom stereocenters. The van der Waals surface area contributed by atoms with Gasteiger partial charge in [-0.25, -0.2) is 9.97 Å². The summed E-state index contributed by atoms with van der Waals surface area (Å²) in [7, 11) is 1.81. The van der Waals surface area contributed by atoms with Gasteiger partial charge < -0.3 is 8.98 Å². The maximum absolute atomic E-state index is 12.6. The van der Waals surface area contributed by atoms with E-state index < -0.39 is 12.7 Å². The Kier molecular flexibility index (Phi) is 5.13. The van der Waals surface area contributed by atoms with Gasteiger partial charge in [0, 0.05) is 24.5 Å². The lowest BCUT2D eigenvalue weighted by atomic mass is 10.2. The standard InChI is InChI=1S/C18H19F3N4O/c1-13-15(23-17(26-13)14-6-4-3-5-7-14)10-24(2)11-16-22-8-9-25(16)12-18(19,20)21/h3-9H,10-12H2,1-2H3. The fraction of sp³-hybridized carbons (Fsp3) is 0.333. The molecule has 0 saturated heterocycles. The predicted octanol–water partition coefficient (Wildman–Crippen LogP) is 4.04. The summed E-state index contributed by atoms with van der Waals surface area (Å²) in [6.07, 6.45) is -1.56. The van der Waals surface area contributed by atoms with Crippen molar-refractivity contribution in [1.29, 1.82) is 0 Å². The minimum atomic E-state index is -4.28. The highest BCUT2D eigenvalue weighted by atomic mass is 19.4. The van der Waals surface area contributed by atoms with Crippen molar-refractivity contribution in [2.45, 2.75) is 32.7 Å². The van der Waals surface area contributed by atoms with Crippen molar-refractivity contribution >= 4 is 0 Å². The minimum absolute atomic E-state index is 0.274. The van der Waals surface area contributed by atoms with Gasteiger partial charge in [-0.3, -0.25) is 4.90 Å². The number of alkyl halides is 3. The Morgan fingerprint density at radius 2 is 1.88 bits per heavy atom. The molecule has 2 heterocycles. The Morgan fingerprint density at radius 1 is 1.15 bits per heavy atom. The van der Waals surface area contributed by atoms with Crippen LogP contribution in [-0.4, -0.2) is 32.7 Å². The highest BCUT2D eigenvalue weighted by Crippen LogP contribution is 2.23. The lowest BCUT2D eigenvalue weighted by Gasteiger charge is -2.17. The van der Waals surface area contributed by atoms with Crippen LogP contribution < -0.4 is 0 Å². The molecule has 0 aliphatic heterocycles. The van der Waals surface area contributed by atoms with E-state index in [4.69, 9.17) is 4.42 Å². The molecule has 3 rings (SSSR count). The summed E-state index contributed by atoms with van der Waals surface area (Å²) in [6, 6.07) is 9.54. The van der Waals surface area contributed by atoms with E-state index in [9.17, 15) is 13.2 Å². The molecular formula is C18H19F3N4O. The molecule has 3 aromatic rings. The number of halogens is 3. The molecule has 138 valence electrons. The van der Waals surface area contributed by atoms with Crippen LogP contribution in [0.4, 0.5) is 13.2 Å². The largest absolute Gasteiger partial charge is 0.441 e. The lowest BCUT2D eigenvalue weighted by Crippen LogP contribution is -2.24. The highest BCUT2D eigenvalue weighted by molar-refractivity contribution is 5.53. The summed E-state index contributed by atoms with van der Waals surface area (Å²) < 4.78 is 44.7. The van der Waals surface area contributed by atoms with Crippen molar-refractivity contribution in [3.63, 3.8) is 0 Å². The molecule has 1 aromatic carbocycles. The van der Waals surface area contributed by atoms with Crippen LogP contribution in [0.5, 0.6) is 0 Å². The SMILES string of the molecule is Cc1oc(-c2ccccc2)nc1CN(C)Cc1nccn1CC(F)(F)F. The zero-order valence-electron chi connectivity index (χ0n) is 14.5. The molecule has 0 N–H and O–H groups in total. The number of aryl methyl sites for hydroxylation is 1. The van der Waals surface area contributed by atoms with E-state index in [1.807, 2.05) is 49.2 Å². The van der Waals surface area contributed by atoms with Gasteiger partial charge >= 0.3 is 6.18 Å². The topological polar surface area (TPSA) is 47.1 Å². The Hall–Kier alpha value is -2.61. The number of imidazole rings is 1. The van der Waals surface area contributed by atoms with Crippen LogP contribution >= 0.6 is 0 Å². The van der Waals surface area contributed by atoms with Crippen molar-refractivity contribution in [3.05, 3.63) is 60.0 Å². The maximum atomic E-state index is 12.6. The number of benzene rings is 1. The number of nitrogens with zero attached hydrogens (tertiary/aromatic N) is 4. The van der Waals surface area contributed by atoms with Crippen LogP contribution in [0.1, 0.15) is 17.3 Å². The van der Waals surface area contributed by atoms with Gasteiger partial charge in [-0.15, -0.1) is 0 Å². The summed E-state index contributed by atoms with van der Waals surface area (Å²) in [4.78, 5) is 10.4. The van der Waals surface area contributed by atoms with Gasteiger partial charge in [-0.1, -0.05) is 18.2 Å². The van der Waals surface area contributed by atoms with E-state index in [0.717, 1.165) is 15.8 Å². The molecule has 8 heteroatoms. The van der Waals surface area contributed by atoms with E-state index in [1.165, 1.54) is 12.4 Å². The minimum Gasteiger partial charge on any atom is -0.441 e. The molecule has 0 fully saturated rings. The Morgan fingerprint density at radius 3 is 2.58 bits per heavy atom. The van der Waals surface area contributed by atoms with Crippen LogP contribution in [-0.2, 0) is 19.6 Å². The van der Waals surface area contributed by atoms with Gasteiger partial charge in [-0.2, -0.15) is 13.2 Å². The third kappa shape index (κ3) is 4.51. The fourth-order valence-electron chi connectivity index (χ4n) is 2.66. The Labute approximate surface area is 149 Å². The third-order valence-corrected chi connectivity index (χ3v) is 3.90. The molecule has 26 heavy (non-hydrogen) atoms.